The molecule has 1 heterocycles. The average Bonchev–Trinajstić information content (AvgIpc) is 3.61. The minimum atomic E-state index is -0.0151. The number of amides is 1. The van der Waals surface area contributed by atoms with Crippen molar-refractivity contribution in [1.82, 2.24) is 15.2 Å². The summed E-state index contributed by atoms with van der Waals surface area (Å²) in [6.45, 7) is 0. The molecule has 3 aromatic rings. The largest absolute Gasteiger partial charge is 0.326 e. The maximum absolute atomic E-state index is 12.5. The molecule has 2 aromatic carbocycles. The van der Waals surface area contributed by atoms with Gasteiger partial charge < -0.3 is 5.32 Å². The molecule has 136 valence electrons. The van der Waals surface area contributed by atoms with Crippen LogP contribution in [0.3, 0.4) is 0 Å². The summed E-state index contributed by atoms with van der Waals surface area (Å²) >= 11 is 6.24. The SMILES string of the molecule is O=C(Nc1ccc(-c2n[nH]c(C3CC3)n2)cc1)C1CC1c1ccccc1Cl. The molecule has 2 fully saturated rings. The van der Waals surface area contributed by atoms with Gasteiger partial charge in [0.15, 0.2) is 5.82 Å². The molecule has 0 bridgehead atoms. The van der Waals surface area contributed by atoms with Crippen LogP contribution in [0, 0.1) is 5.92 Å². The fourth-order valence-electron chi connectivity index (χ4n) is 3.48. The van der Waals surface area contributed by atoms with E-state index in [0.29, 0.717) is 11.7 Å². The van der Waals surface area contributed by atoms with Crippen molar-refractivity contribution >= 4 is 23.2 Å². The smallest absolute Gasteiger partial charge is 0.228 e. The number of H-pyrrole nitrogens is 1. The van der Waals surface area contributed by atoms with Gasteiger partial charge >= 0.3 is 0 Å². The van der Waals surface area contributed by atoms with E-state index < -0.39 is 0 Å². The Morgan fingerprint density at radius 3 is 2.63 bits per heavy atom. The van der Waals surface area contributed by atoms with Gasteiger partial charge in [0, 0.05) is 28.1 Å². The van der Waals surface area contributed by atoms with Crippen LogP contribution in [0.1, 0.15) is 42.5 Å². The Bertz CT molecular complexity index is 993. The van der Waals surface area contributed by atoms with Gasteiger partial charge in [-0.2, -0.15) is 5.10 Å². The summed E-state index contributed by atoms with van der Waals surface area (Å²) in [4.78, 5) is 17.1. The Labute approximate surface area is 162 Å². The molecule has 6 heteroatoms. The van der Waals surface area contributed by atoms with Crippen LogP contribution in [0.2, 0.25) is 5.02 Å². The third-order valence-corrected chi connectivity index (χ3v) is 5.65. The molecule has 5 nitrogen and oxygen atoms in total. The number of aromatic nitrogens is 3. The normalized spacial score (nSPS) is 21.1. The van der Waals surface area contributed by atoms with Gasteiger partial charge in [0.1, 0.15) is 5.82 Å². The van der Waals surface area contributed by atoms with Crippen LogP contribution in [0.25, 0.3) is 11.4 Å². The molecule has 0 saturated heterocycles. The molecule has 2 aliphatic rings. The Morgan fingerprint density at radius 1 is 1.11 bits per heavy atom. The van der Waals surface area contributed by atoms with Gasteiger partial charge in [0.25, 0.3) is 0 Å². The second kappa shape index (κ2) is 6.50. The first-order valence-corrected chi connectivity index (χ1v) is 9.65. The van der Waals surface area contributed by atoms with Gasteiger partial charge in [-0.05, 0) is 61.1 Å². The molecule has 0 spiro atoms. The number of hydrogen-bond acceptors (Lipinski definition) is 3. The molecule has 0 aliphatic heterocycles. The van der Waals surface area contributed by atoms with E-state index in [0.717, 1.165) is 34.1 Å². The number of anilines is 1. The number of hydrogen-bond donors (Lipinski definition) is 2. The van der Waals surface area contributed by atoms with Crippen molar-refractivity contribution < 1.29 is 4.79 Å². The fraction of sp³-hybridized carbons (Fsp3) is 0.286. The van der Waals surface area contributed by atoms with Crippen molar-refractivity contribution in [1.29, 1.82) is 0 Å². The average molecular weight is 379 g/mol. The van der Waals surface area contributed by atoms with Crippen LogP contribution in [0.15, 0.2) is 48.5 Å². The number of nitrogens with one attached hydrogen (secondary N) is 2. The minimum Gasteiger partial charge on any atom is -0.326 e. The van der Waals surface area contributed by atoms with Crippen molar-refractivity contribution in [2.75, 3.05) is 5.32 Å². The number of aromatic amines is 1. The van der Waals surface area contributed by atoms with E-state index >= 15 is 0 Å². The summed E-state index contributed by atoms with van der Waals surface area (Å²) in [5.74, 6) is 2.47. The minimum absolute atomic E-state index is 0.0151. The molecule has 1 amide bonds. The lowest BCUT2D eigenvalue weighted by Crippen LogP contribution is -2.14. The molecular formula is C21H19ClN4O. The highest BCUT2D eigenvalue weighted by Crippen LogP contribution is 2.50. The molecule has 2 atom stereocenters. The summed E-state index contributed by atoms with van der Waals surface area (Å²) in [6, 6.07) is 15.4. The monoisotopic (exact) mass is 378 g/mol. The highest BCUT2D eigenvalue weighted by molar-refractivity contribution is 6.31. The molecule has 1 aromatic heterocycles. The van der Waals surface area contributed by atoms with Crippen LogP contribution >= 0.6 is 11.6 Å². The number of halogens is 1. The van der Waals surface area contributed by atoms with Crippen LogP contribution in [0.5, 0.6) is 0 Å². The zero-order chi connectivity index (χ0) is 18.4. The first-order valence-electron chi connectivity index (χ1n) is 9.27. The summed E-state index contributed by atoms with van der Waals surface area (Å²) < 4.78 is 0. The zero-order valence-corrected chi connectivity index (χ0v) is 15.4. The summed E-state index contributed by atoms with van der Waals surface area (Å²) in [7, 11) is 0. The first kappa shape index (κ1) is 16.5. The molecule has 2 N–H and O–H groups in total. The third-order valence-electron chi connectivity index (χ3n) is 5.31. The van der Waals surface area contributed by atoms with E-state index in [1.807, 2.05) is 48.5 Å². The fourth-order valence-corrected chi connectivity index (χ4v) is 3.76. The van der Waals surface area contributed by atoms with E-state index in [4.69, 9.17) is 11.6 Å². The van der Waals surface area contributed by atoms with Crippen LogP contribution < -0.4 is 5.32 Å². The predicted molar refractivity (Wildman–Crippen MR) is 105 cm³/mol. The van der Waals surface area contributed by atoms with Gasteiger partial charge in [0.2, 0.25) is 5.91 Å². The van der Waals surface area contributed by atoms with E-state index in [1.165, 1.54) is 12.8 Å². The third kappa shape index (κ3) is 3.35. The van der Waals surface area contributed by atoms with Crippen molar-refractivity contribution in [2.24, 2.45) is 5.92 Å². The Hall–Kier alpha value is -2.66. The first-order chi connectivity index (χ1) is 13.2. The molecule has 5 rings (SSSR count). The topological polar surface area (TPSA) is 70.7 Å². The molecule has 0 radical (unpaired) electrons. The van der Waals surface area contributed by atoms with Gasteiger partial charge in [-0.15, -0.1) is 0 Å². The van der Waals surface area contributed by atoms with Gasteiger partial charge in [-0.25, -0.2) is 4.98 Å². The van der Waals surface area contributed by atoms with Crippen LogP contribution in [-0.4, -0.2) is 21.1 Å². The van der Waals surface area contributed by atoms with Gasteiger partial charge in [0.05, 0.1) is 0 Å². The number of carbonyl (C=O) groups excluding carboxylic acids is 1. The lowest BCUT2D eigenvalue weighted by molar-refractivity contribution is -0.117. The maximum Gasteiger partial charge on any atom is 0.228 e. The lowest BCUT2D eigenvalue weighted by atomic mass is 10.1. The number of carbonyl (C=O) groups is 1. The van der Waals surface area contributed by atoms with E-state index in [-0.39, 0.29) is 17.7 Å². The standard InChI is InChI=1S/C21H19ClN4O/c22-18-4-2-1-3-15(18)16-11-17(16)21(27)23-14-9-7-13(8-10-14)20-24-19(25-26-20)12-5-6-12/h1-4,7-10,12,16-17H,5-6,11H2,(H,23,27)(H,24,25,26). The van der Waals surface area contributed by atoms with E-state index in [1.54, 1.807) is 0 Å². The molecule has 2 saturated carbocycles. The van der Waals surface area contributed by atoms with E-state index in [9.17, 15) is 4.79 Å². The number of rotatable bonds is 5. The number of benzene rings is 2. The summed E-state index contributed by atoms with van der Waals surface area (Å²) in [6.07, 6.45) is 3.22. The molecular weight excluding hydrogens is 360 g/mol. The second-order valence-electron chi connectivity index (χ2n) is 7.36. The quantitative estimate of drug-likeness (QED) is 0.673. The van der Waals surface area contributed by atoms with Crippen LogP contribution in [-0.2, 0) is 4.79 Å². The Morgan fingerprint density at radius 2 is 1.89 bits per heavy atom. The van der Waals surface area contributed by atoms with E-state index in [2.05, 4.69) is 20.5 Å². The maximum atomic E-state index is 12.5. The predicted octanol–water partition coefficient (Wildman–Crippen LogP) is 4.74. The Kier molecular flexibility index (Phi) is 3.97. The second-order valence-corrected chi connectivity index (χ2v) is 7.76. The molecule has 2 unspecified atom stereocenters. The highest BCUT2D eigenvalue weighted by Gasteiger charge is 2.44. The van der Waals surface area contributed by atoms with Crippen molar-refractivity contribution in [2.45, 2.75) is 31.1 Å². The van der Waals surface area contributed by atoms with Crippen molar-refractivity contribution in [3.63, 3.8) is 0 Å². The highest BCUT2D eigenvalue weighted by atomic mass is 35.5. The van der Waals surface area contributed by atoms with Gasteiger partial charge in [-0.1, -0.05) is 29.8 Å². The number of nitrogens with zero attached hydrogens (tertiary/aromatic N) is 2. The summed E-state index contributed by atoms with van der Waals surface area (Å²) in [5.41, 5.74) is 2.79. The summed E-state index contributed by atoms with van der Waals surface area (Å²) in [5, 5.41) is 11.1. The zero-order valence-electron chi connectivity index (χ0n) is 14.7. The lowest BCUT2D eigenvalue weighted by Gasteiger charge is -2.06. The molecule has 27 heavy (non-hydrogen) atoms. The van der Waals surface area contributed by atoms with Crippen molar-refractivity contribution in [3.8, 4) is 11.4 Å². The van der Waals surface area contributed by atoms with Crippen molar-refractivity contribution in [3.05, 3.63) is 64.9 Å². The molecule has 2 aliphatic carbocycles. The Balaban J connectivity index is 1.23. The van der Waals surface area contributed by atoms with Gasteiger partial charge in [-0.3, -0.25) is 9.89 Å². The van der Waals surface area contributed by atoms with Crippen LogP contribution in [0.4, 0.5) is 5.69 Å².